The molecule has 0 aliphatic rings. The number of aromatic nitrogens is 2. The van der Waals surface area contributed by atoms with E-state index < -0.39 is 4.92 Å². The number of anilines is 1. The van der Waals surface area contributed by atoms with Gasteiger partial charge in [0.15, 0.2) is 4.34 Å². The predicted octanol–water partition coefficient (Wildman–Crippen LogP) is 3.51. The lowest BCUT2D eigenvalue weighted by Gasteiger charge is -2.03. The standard InChI is InChI=1S/C13H14N4O3S2/c1-3-6-21-13-16-15-12(22-13)14-11(18)9-4-5-10(17(19)20)8(2)7-9/h4-5,7H,3,6H2,1-2H3,(H,14,15,18). The molecule has 0 radical (unpaired) electrons. The maximum atomic E-state index is 12.1. The zero-order chi connectivity index (χ0) is 16.1. The van der Waals surface area contributed by atoms with Gasteiger partial charge in [-0.25, -0.2) is 0 Å². The van der Waals surface area contributed by atoms with Crippen LogP contribution >= 0.6 is 23.1 Å². The summed E-state index contributed by atoms with van der Waals surface area (Å²) >= 11 is 2.90. The number of carbonyl (C=O) groups is 1. The Kier molecular flexibility index (Phi) is 5.45. The van der Waals surface area contributed by atoms with E-state index in [-0.39, 0.29) is 11.6 Å². The van der Waals surface area contributed by atoms with Gasteiger partial charge in [0.1, 0.15) is 0 Å². The van der Waals surface area contributed by atoms with Crippen molar-refractivity contribution in [2.45, 2.75) is 24.6 Å². The van der Waals surface area contributed by atoms with Crippen LogP contribution in [0.1, 0.15) is 29.3 Å². The molecule has 0 aliphatic heterocycles. The third-order valence-electron chi connectivity index (χ3n) is 2.71. The maximum Gasteiger partial charge on any atom is 0.272 e. The van der Waals surface area contributed by atoms with Gasteiger partial charge in [-0.3, -0.25) is 20.2 Å². The molecule has 0 atom stereocenters. The van der Waals surface area contributed by atoms with E-state index >= 15 is 0 Å². The van der Waals surface area contributed by atoms with Gasteiger partial charge < -0.3 is 0 Å². The minimum atomic E-state index is -0.473. The molecule has 22 heavy (non-hydrogen) atoms. The molecule has 0 bridgehead atoms. The van der Waals surface area contributed by atoms with Crippen molar-refractivity contribution < 1.29 is 9.72 Å². The van der Waals surface area contributed by atoms with Gasteiger partial charge in [-0.1, -0.05) is 30.0 Å². The highest BCUT2D eigenvalue weighted by Gasteiger charge is 2.15. The summed E-state index contributed by atoms with van der Waals surface area (Å²) in [5.74, 6) is 0.589. The van der Waals surface area contributed by atoms with E-state index in [4.69, 9.17) is 0 Å². The topological polar surface area (TPSA) is 98.0 Å². The Bertz CT molecular complexity index is 702. The van der Waals surface area contributed by atoms with Crippen molar-refractivity contribution >= 4 is 39.8 Å². The van der Waals surface area contributed by atoms with Crippen molar-refractivity contribution in [2.75, 3.05) is 11.1 Å². The van der Waals surface area contributed by atoms with Crippen molar-refractivity contribution in [3.8, 4) is 0 Å². The number of nitro groups is 1. The molecule has 1 heterocycles. The average molecular weight is 338 g/mol. The third kappa shape index (κ3) is 4.01. The second kappa shape index (κ2) is 7.32. The van der Waals surface area contributed by atoms with Gasteiger partial charge in [-0.05, 0) is 25.5 Å². The van der Waals surface area contributed by atoms with E-state index in [1.807, 2.05) is 0 Å². The van der Waals surface area contributed by atoms with Gasteiger partial charge in [0.25, 0.3) is 11.6 Å². The molecule has 0 unspecified atom stereocenters. The Labute approximate surface area is 135 Å². The number of hydrogen-bond donors (Lipinski definition) is 1. The molecule has 0 saturated carbocycles. The molecule has 1 aromatic heterocycles. The summed E-state index contributed by atoms with van der Waals surface area (Å²) in [6.07, 6.45) is 1.04. The molecule has 0 saturated heterocycles. The predicted molar refractivity (Wildman–Crippen MR) is 86.7 cm³/mol. The fourth-order valence-corrected chi connectivity index (χ4v) is 3.35. The SMILES string of the molecule is CCCSc1nnc(NC(=O)c2ccc([N+](=O)[O-])c(C)c2)s1. The zero-order valence-corrected chi connectivity index (χ0v) is 13.7. The lowest BCUT2D eigenvalue weighted by atomic mass is 10.1. The summed E-state index contributed by atoms with van der Waals surface area (Å²) in [6, 6.07) is 4.24. The summed E-state index contributed by atoms with van der Waals surface area (Å²) in [5.41, 5.74) is 0.779. The number of hydrogen-bond acceptors (Lipinski definition) is 7. The van der Waals surface area contributed by atoms with Crippen molar-refractivity contribution in [1.29, 1.82) is 0 Å². The van der Waals surface area contributed by atoms with Gasteiger partial charge in [0.05, 0.1) is 4.92 Å². The highest BCUT2D eigenvalue weighted by Crippen LogP contribution is 2.26. The van der Waals surface area contributed by atoms with Crippen LogP contribution in [0.15, 0.2) is 22.5 Å². The van der Waals surface area contributed by atoms with Gasteiger partial charge in [-0.15, -0.1) is 10.2 Å². The molecule has 1 N–H and O–H groups in total. The Morgan fingerprint density at radius 2 is 2.23 bits per heavy atom. The van der Waals surface area contributed by atoms with Crippen LogP contribution in [0.25, 0.3) is 0 Å². The molecule has 0 fully saturated rings. The van der Waals surface area contributed by atoms with Crippen LogP contribution in [0.2, 0.25) is 0 Å². The first-order valence-electron chi connectivity index (χ1n) is 6.54. The van der Waals surface area contributed by atoms with E-state index in [2.05, 4.69) is 22.4 Å². The highest BCUT2D eigenvalue weighted by molar-refractivity contribution is 8.01. The van der Waals surface area contributed by atoms with Crippen molar-refractivity contribution in [3.63, 3.8) is 0 Å². The maximum absolute atomic E-state index is 12.1. The fraction of sp³-hybridized carbons (Fsp3) is 0.308. The van der Waals surface area contributed by atoms with Gasteiger partial charge in [0.2, 0.25) is 5.13 Å². The van der Waals surface area contributed by atoms with Crippen molar-refractivity contribution in [2.24, 2.45) is 0 Å². The summed E-state index contributed by atoms with van der Waals surface area (Å²) in [5, 5.41) is 21.7. The molecule has 1 aromatic carbocycles. The van der Waals surface area contributed by atoms with Crippen LogP contribution in [-0.4, -0.2) is 26.8 Å². The first-order valence-corrected chi connectivity index (χ1v) is 8.34. The minimum absolute atomic E-state index is 0.00860. The third-order valence-corrected chi connectivity index (χ3v) is 4.89. The lowest BCUT2D eigenvalue weighted by Crippen LogP contribution is -2.12. The van der Waals surface area contributed by atoms with E-state index in [1.165, 1.54) is 29.5 Å². The Hall–Kier alpha value is -2.00. The number of thioether (sulfide) groups is 1. The summed E-state index contributed by atoms with van der Waals surface area (Å²) in [4.78, 5) is 22.4. The van der Waals surface area contributed by atoms with E-state index in [1.54, 1.807) is 18.7 Å². The average Bonchev–Trinajstić information content (AvgIpc) is 2.92. The number of amides is 1. The zero-order valence-electron chi connectivity index (χ0n) is 12.0. The van der Waals surface area contributed by atoms with E-state index in [0.29, 0.717) is 16.3 Å². The molecule has 1 amide bonds. The first kappa shape index (κ1) is 16.4. The molecule has 2 rings (SSSR count). The fourth-order valence-electron chi connectivity index (χ4n) is 1.68. The molecule has 0 aliphatic carbocycles. The van der Waals surface area contributed by atoms with Crippen LogP contribution in [0, 0.1) is 17.0 Å². The molecule has 116 valence electrons. The first-order chi connectivity index (χ1) is 10.5. The second-order valence-electron chi connectivity index (χ2n) is 4.43. The number of nitrogens with zero attached hydrogens (tertiary/aromatic N) is 3. The molecular formula is C13H14N4O3S2. The Morgan fingerprint density at radius 1 is 1.45 bits per heavy atom. The minimum Gasteiger partial charge on any atom is -0.296 e. The van der Waals surface area contributed by atoms with Crippen molar-refractivity contribution in [3.05, 3.63) is 39.4 Å². The van der Waals surface area contributed by atoms with Crippen LogP contribution in [0.3, 0.4) is 0 Å². The summed E-state index contributed by atoms with van der Waals surface area (Å²) in [6.45, 7) is 3.67. The lowest BCUT2D eigenvalue weighted by molar-refractivity contribution is -0.385. The Balaban J connectivity index is 2.07. The van der Waals surface area contributed by atoms with Gasteiger partial charge in [0, 0.05) is 22.9 Å². The Morgan fingerprint density at radius 3 is 2.86 bits per heavy atom. The normalized spacial score (nSPS) is 10.5. The smallest absolute Gasteiger partial charge is 0.272 e. The molecule has 0 spiro atoms. The monoisotopic (exact) mass is 338 g/mol. The van der Waals surface area contributed by atoms with Gasteiger partial charge in [-0.2, -0.15) is 0 Å². The van der Waals surface area contributed by atoms with Crippen LogP contribution in [0.5, 0.6) is 0 Å². The number of nitrogens with one attached hydrogen (secondary N) is 1. The number of nitro benzene ring substituents is 1. The van der Waals surface area contributed by atoms with Crippen LogP contribution < -0.4 is 5.32 Å². The largest absolute Gasteiger partial charge is 0.296 e. The number of rotatable bonds is 6. The van der Waals surface area contributed by atoms with Crippen molar-refractivity contribution in [1.82, 2.24) is 10.2 Å². The number of benzene rings is 1. The number of carbonyl (C=O) groups excluding carboxylic acids is 1. The second-order valence-corrected chi connectivity index (χ2v) is 6.75. The molecule has 9 heteroatoms. The van der Waals surface area contributed by atoms with E-state index in [0.717, 1.165) is 16.5 Å². The van der Waals surface area contributed by atoms with E-state index in [9.17, 15) is 14.9 Å². The van der Waals surface area contributed by atoms with Crippen LogP contribution in [0.4, 0.5) is 10.8 Å². The van der Waals surface area contributed by atoms with Gasteiger partial charge >= 0.3 is 0 Å². The number of aryl methyl sites for hydroxylation is 1. The summed E-state index contributed by atoms with van der Waals surface area (Å²) < 4.78 is 0.803. The molecular weight excluding hydrogens is 324 g/mol. The molecule has 7 nitrogen and oxygen atoms in total. The highest BCUT2D eigenvalue weighted by atomic mass is 32.2. The quantitative estimate of drug-likeness (QED) is 0.374. The van der Waals surface area contributed by atoms with Crippen LogP contribution in [-0.2, 0) is 0 Å². The summed E-state index contributed by atoms with van der Waals surface area (Å²) in [7, 11) is 0. The molecule has 2 aromatic rings.